The van der Waals surface area contributed by atoms with Gasteiger partial charge in [0, 0.05) is 38.9 Å². The highest BCUT2D eigenvalue weighted by Crippen LogP contribution is 1.99. The molecule has 0 spiro atoms. The number of nitrogens with one attached hydrogen (secondary N) is 1. The highest BCUT2D eigenvalue weighted by atomic mass is 15.2. The van der Waals surface area contributed by atoms with Crippen molar-refractivity contribution in [1.29, 1.82) is 0 Å². The van der Waals surface area contributed by atoms with Crippen LogP contribution in [0.25, 0.3) is 0 Å². The Morgan fingerprint density at radius 3 is 2.69 bits per heavy atom. The quantitative estimate of drug-likeness (QED) is 0.562. The Bertz CT molecular complexity index is 273. The van der Waals surface area contributed by atoms with E-state index in [1.54, 1.807) is 0 Å². The van der Waals surface area contributed by atoms with Gasteiger partial charge in [-0.25, -0.2) is 0 Å². The molecule has 3 heteroatoms. The zero-order valence-corrected chi connectivity index (χ0v) is 10.5. The van der Waals surface area contributed by atoms with Crippen LogP contribution in [0.1, 0.15) is 13.8 Å². The average molecular weight is 221 g/mol. The normalized spacial score (nSPS) is 19.2. The van der Waals surface area contributed by atoms with Gasteiger partial charge in [0.1, 0.15) is 0 Å². The van der Waals surface area contributed by atoms with Crippen LogP contribution >= 0.6 is 0 Å². The summed E-state index contributed by atoms with van der Waals surface area (Å²) in [5.74, 6) is 0. The smallest absolute Gasteiger partial charge is 0.0594 e. The van der Waals surface area contributed by atoms with Crippen LogP contribution in [0.3, 0.4) is 0 Å². The molecule has 0 aromatic rings. The summed E-state index contributed by atoms with van der Waals surface area (Å²) < 4.78 is 0. The lowest BCUT2D eigenvalue weighted by Crippen LogP contribution is -2.43. The van der Waals surface area contributed by atoms with Crippen molar-refractivity contribution in [3.8, 4) is 0 Å². The maximum absolute atomic E-state index is 4.27. The van der Waals surface area contributed by atoms with E-state index in [2.05, 4.69) is 34.8 Å². The molecule has 1 N–H and O–H groups in total. The Hall–Kier alpha value is -0.930. The van der Waals surface area contributed by atoms with Gasteiger partial charge in [-0.3, -0.25) is 9.89 Å². The van der Waals surface area contributed by atoms with E-state index in [9.17, 15) is 0 Å². The van der Waals surface area contributed by atoms with Gasteiger partial charge in [-0.05, 0) is 19.9 Å². The first-order valence-electron chi connectivity index (χ1n) is 5.91. The Kier molecular flexibility index (Phi) is 6.04. The summed E-state index contributed by atoms with van der Waals surface area (Å²) in [4.78, 5) is 6.74. The first kappa shape index (κ1) is 13.1. The third kappa shape index (κ3) is 5.83. The molecule has 1 heterocycles. The maximum Gasteiger partial charge on any atom is 0.0594 e. The molecule has 1 aliphatic rings. The van der Waals surface area contributed by atoms with Crippen LogP contribution in [0.4, 0.5) is 0 Å². The van der Waals surface area contributed by atoms with Gasteiger partial charge >= 0.3 is 0 Å². The minimum atomic E-state index is 0.734. The Labute approximate surface area is 98.9 Å². The number of rotatable bonds is 5. The number of hydrogen-bond acceptors (Lipinski definition) is 3. The van der Waals surface area contributed by atoms with Gasteiger partial charge in [0.05, 0.1) is 6.54 Å². The molecule has 0 amide bonds. The van der Waals surface area contributed by atoms with Crippen molar-refractivity contribution in [1.82, 2.24) is 10.2 Å². The van der Waals surface area contributed by atoms with E-state index in [-0.39, 0.29) is 0 Å². The summed E-state index contributed by atoms with van der Waals surface area (Å²) in [6.07, 6.45) is 4.00. The van der Waals surface area contributed by atoms with E-state index < -0.39 is 0 Å². The fourth-order valence-corrected chi connectivity index (χ4v) is 1.66. The number of nitrogens with zero attached hydrogens (tertiary/aromatic N) is 2. The van der Waals surface area contributed by atoms with E-state index >= 15 is 0 Å². The summed E-state index contributed by atoms with van der Waals surface area (Å²) in [6, 6.07) is 0. The van der Waals surface area contributed by atoms with E-state index in [0.29, 0.717) is 0 Å². The van der Waals surface area contributed by atoms with Crippen molar-refractivity contribution >= 4 is 6.21 Å². The molecule has 0 aromatic carbocycles. The average Bonchev–Trinajstić information content (AvgIpc) is 2.25. The predicted molar refractivity (Wildman–Crippen MR) is 71.2 cm³/mol. The summed E-state index contributed by atoms with van der Waals surface area (Å²) in [7, 11) is 0. The monoisotopic (exact) mass is 221 g/mol. The zero-order valence-electron chi connectivity index (χ0n) is 10.5. The topological polar surface area (TPSA) is 27.6 Å². The van der Waals surface area contributed by atoms with E-state index in [0.717, 1.165) is 44.8 Å². The first-order chi connectivity index (χ1) is 7.68. The molecular weight excluding hydrogens is 198 g/mol. The molecule has 90 valence electrons. The Balaban J connectivity index is 2.26. The summed E-state index contributed by atoms with van der Waals surface area (Å²) in [6.45, 7) is 14.3. The number of hydrogen-bond donors (Lipinski definition) is 1. The third-order valence-electron chi connectivity index (χ3n) is 2.51. The van der Waals surface area contributed by atoms with Crippen molar-refractivity contribution in [2.45, 2.75) is 13.8 Å². The number of piperazine rings is 1. The predicted octanol–water partition coefficient (Wildman–Crippen LogP) is 1.48. The van der Waals surface area contributed by atoms with E-state index in [1.165, 1.54) is 5.57 Å². The van der Waals surface area contributed by atoms with Crippen molar-refractivity contribution in [2.24, 2.45) is 4.99 Å². The van der Waals surface area contributed by atoms with Crippen LogP contribution < -0.4 is 5.32 Å². The summed E-state index contributed by atoms with van der Waals surface area (Å²) in [5, 5.41) is 3.36. The van der Waals surface area contributed by atoms with Crippen LogP contribution in [0, 0.1) is 0 Å². The molecule has 0 bridgehead atoms. The summed E-state index contributed by atoms with van der Waals surface area (Å²) in [5.41, 5.74) is 2.47. The van der Waals surface area contributed by atoms with Crippen molar-refractivity contribution < 1.29 is 0 Å². The maximum atomic E-state index is 4.27. The van der Waals surface area contributed by atoms with Crippen LogP contribution in [0.15, 0.2) is 28.8 Å². The van der Waals surface area contributed by atoms with E-state index in [4.69, 9.17) is 0 Å². The lowest BCUT2D eigenvalue weighted by atomic mass is 10.2. The first-order valence-corrected chi connectivity index (χ1v) is 5.91. The molecule has 16 heavy (non-hydrogen) atoms. The van der Waals surface area contributed by atoms with Gasteiger partial charge in [0.25, 0.3) is 0 Å². The highest BCUT2D eigenvalue weighted by Gasteiger charge is 2.08. The lowest BCUT2D eigenvalue weighted by Gasteiger charge is -2.27. The van der Waals surface area contributed by atoms with Crippen LogP contribution in [-0.4, -0.2) is 50.4 Å². The standard InChI is InChI=1S/C13H23N3/c1-12(2)10-15-5-4-13(3)11-16-8-6-14-7-9-16/h4-5,14H,1,6-11H2,2-3H3/b13-4+,15-5-. The zero-order chi connectivity index (χ0) is 11.8. The summed E-state index contributed by atoms with van der Waals surface area (Å²) >= 11 is 0. The molecular formula is C13H23N3. The largest absolute Gasteiger partial charge is 0.314 e. The number of aliphatic imine (C=N–C) groups is 1. The molecule has 3 nitrogen and oxygen atoms in total. The second-order valence-corrected chi connectivity index (χ2v) is 4.49. The molecule has 1 fully saturated rings. The minimum absolute atomic E-state index is 0.734. The van der Waals surface area contributed by atoms with Crippen molar-refractivity contribution in [3.63, 3.8) is 0 Å². The molecule has 0 radical (unpaired) electrons. The van der Waals surface area contributed by atoms with Gasteiger partial charge in [0.2, 0.25) is 0 Å². The number of allylic oxidation sites excluding steroid dienone is 1. The van der Waals surface area contributed by atoms with Crippen molar-refractivity contribution in [3.05, 3.63) is 23.8 Å². The third-order valence-corrected chi connectivity index (χ3v) is 2.51. The fourth-order valence-electron chi connectivity index (χ4n) is 1.66. The Morgan fingerprint density at radius 2 is 2.06 bits per heavy atom. The highest BCUT2D eigenvalue weighted by molar-refractivity contribution is 5.72. The Morgan fingerprint density at radius 1 is 1.38 bits per heavy atom. The van der Waals surface area contributed by atoms with Gasteiger partial charge < -0.3 is 5.32 Å². The second kappa shape index (κ2) is 7.36. The molecule has 0 unspecified atom stereocenters. The minimum Gasteiger partial charge on any atom is -0.314 e. The van der Waals surface area contributed by atoms with Gasteiger partial charge in [-0.15, -0.1) is 0 Å². The van der Waals surface area contributed by atoms with Gasteiger partial charge in [0.15, 0.2) is 0 Å². The van der Waals surface area contributed by atoms with E-state index in [1.807, 2.05) is 13.1 Å². The SMILES string of the molecule is C=C(C)C/N=C\C=C(/C)CN1CCNCC1. The second-order valence-electron chi connectivity index (χ2n) is 4.49. The van der Waals surface area contributed by atoms with Crippen molar-refractivity contribution in [2.75, 3.05) is 39.3 Å². The molecule has 1 rings (SSSR count). The lowest BCUT2D eigenvalue weighted by molar-refractivity contribution is 0.259. The van der Waals surface area contributed by atoms with Crippen LogP contribution in [-0.2, 0) is 0 Å². The molecule has 0 saturated carbocycles. The molecule has 0 aliphatic carbocycles. The molecule has 1 saturated heterocycles. The molecule has 1 aliphatic heterocycles. The fraction of sp³-hybridized carbons (Fsp3) is 0.615. The van der Waals surface area contributed by atoms with Gasteiger partial charge in [-0.1, -0.05) is 17.7 Å². The molecule has 0 aromatic heterocycles. The van der Waals surface area contributed by atoms with Gasteiger partial charge in [-0.2, -0.15) is 0 Å². The van der Waals surface area contributed by atoms with Crippen LogP contribution in [0.2, 0.25) is 0 Å². The molecule has 0 atom stereocenters. The van der Waals surface area contributed by atoms with Crippen LogP contribution in [0.5, 0.6) is 0 Å².